The normalized spacial score (nSPS) is 27.2. The Hall–Kier alpha value is -0.880. The van der Waals surface area contributed by atoms with Crippen molar-refractivity contribution in [2.24, 2.45) is 0 Å². The molecule has 6 heteroatoms. The molecule has 1 fully saturated rings. The third-order valence-corrected chi connectivity index (χ3v) is 5.06. The predicted octanol–water partition coefficient (Wildman–Crippen LogP) is 1.03. The Bertz CT molecular complexity index is 455. The van der Waals surface area contributed by atoms with E-state index in [2.05, 4.69) is 15.3 Å². The van der Waals surface area contributed by atoms with Crippen LogP contribution in [-0.2, 0) is 9.84 Å². The number of imidazole rings is 1. The van der Waals surface area contributed by atoms with Gasteiger partial charge in [0.2, 0.25) is 0 Å². The van der Waals surface area contributed by atoms with Crippen LogP contribution in [-0.4, -0.2) is 35.9 Å². The monoisotopic (exact) mass is 257 g/mol. The molecule has 1 aromatic rings. The van der Waals surface area contributed by atoms with Gasteiger partial charge >= 0.3 is 0 Å². The highest BCUT2D eigenvalue weighted by Gasteiger charge is 2.35. The van der Waals surface area contributed by atoms with Crippen molar-refractivity contribution in [1.82, 2.24) is 15.3 Å². The van der Waals surface area contributed by atoms with E-state index >= 15 is 0 Å². The number of nitrogens with zero attached hydrogens (tertiary/aromatic N) is 1. The second-order valence-electron chi connectivity index (χ2n) is 4.77. The molecule has 2 rings (SSSR count). The fourth-order valence-electron chi connectivity index (χ4n) is 2.54. The summed E-state index contributed by atoms with van der Waals surface area (Å²) in [6.07, 6.45) is 7.46. The molecule has 1 aliphatic rings. The minimum atomic E-state index is -2.96. The maximum absolute atomic E-state index is 11.6. The van der Waals surface area contributed by atoms with Gasteiger partial charge in [0, 0.05) is 24.7 Å². The van der Waals surface area contributed by atoms with Crippen molar-refractivity contribution in [2.45, 2.75) is 43.5 Å². The molecule has 2 N–H and O–H groups in total. The van der Waals surface area contributed by atoms with Crippen molar-refractivity contribution in [3.05, 3.63) is 18.2 Å². The quantitative estimate of drug-likeness (QED) is 0.844. The Labute approximate surface area is 102 Å². The molecule has 1 aromatic heterocycles. The van der Waals surface area contributed by atoms with Gasteiger partial charge in [-0.15, -0.1) is 0 Å². The highest BCUT2D eigenvalue weighted by Crippen LogP contribution is 2.26. The third-order valence-electron chi connectivity index (χ3n) is 3.40. The van der Waals surface area contributed by atoms with Crippen molar-refractivity contribution in [2.75, 3.05) is 6.26 Å². The number of aromatic amines is 1. The van der Waals surface area contributed by atoms with Gasteiger partial charge in [0.15, 0.2) is 9.84 Å². The predicted molar refractivity (Wildman–Crippen MR) is 66.4 cm³/mol. The molecular formula is C11H19N3O2S. The van der Waals surface area contributed by atoms with Crippen LogP contribution in [0.15, 0.2) is 12.4 Å². The van der Waals surface area contributed by atoms with Crippen LogP contribution in [0.1, 0.15) is 38.1 Å². The molecule has 0 spiro atoms. The van der Waals surface area contributed by atoms with E-state index in [1.165, 1.54) is 6.26 Å². The Morgan fingerprint density at radius 1 is 1.53 bits per heavy atom. The molecule has 1 saturated carbocycles. The minimum Gasteiger partial charge on any atom is -0.347 e. The van der Waals surface area contributed by atoms with Gasteiger partial charge in [-0.05, 0) is 19.8 Å². The van der Waals surface area contributed by atoms with Crippen LogP contribution >= 0.6 is 0 Å². The summed E-state index contributed by atoms with van der Waals surface area (Å²) >= 11 is 0. The average molecular weight is 257 g/mol. The van der Waals surface area contributed by atoms with Crippen molar-refractivity contribution >= 4 is 9.84 Å². The Kier molecular flexibility index (Phi) is 3.53. The second-order valence-corrected chi connectivity index (χ2v) is 7.03. The van der Waals surface area contributed by atoms with Crippen LogP contribution in [0.2, 0.25) is 0 Å². The van der Waals surface area contributed by atoms with Crippen molar-refractivity contribution in [1.29, 1.82) is 0 Å². The number of H-pyrrole nitrogens is 1. The summed E-state index contributed by atoms with van der Waals surface area (Å²) in [6.45, 7) is 2.00. The van der Waals surface area contributed by atoms with Crippen molar-refractivity contribution in [3.63, 3.8) is 0 Å². The van der Waals surface area contributed by atoms with E-state index in [0.717, 1.165) is 25.1 Å². The summed E-state index contributed by atoms with van der Waals surface area (Å²) in [7, 11) is -2.96. The molecule has 17 heavy (non-hydrogen) atoms. The molecule has 3 atom stereocenters. The van der Waals surface area contributed by atoms with Gasteiger partial charge < -0.3 is 10.3 Å². The lowest BCUT2D eigenvalue weighted by Gasteiger charge is -2.23. The van der Waals surface area contributed by atoms with Gasteiger partial charge in [0.05, 0.1) is 11.3 Å². The molecular weight excluding hydrogens is 238 g/mol. The number of aromatic nitrogens is 2. The lowest BCUT2D eigenvalue weighted by molar-refractivity contribution is 0.445. The zero-order valence-corrected chi connectivity index (χ0v) is 11.0. The summed E-state index contributed by atoms with van der Waals surface area (Å²) in [5.74, 6) is 0.851. The Morgan fingerprint density at radius 2 is 2.29 bits per heavy atom. The number of sulfone groups is 1. The van der Waals surface area contributed by atoms with E-state index in [1.807, 2.05) is 6.92 Å². The first-order chi connectivity index (χ1) is 7.98. The van der Waals surface area contributed by atoms with E-state index in [1.54, 1.807) is 12.4 Å². The standard InChI is InChI=1S/C11H19N3O2S/c1-8(11-12-6-7-13-11)14-9-4-3-5-10(9)17(2,15)16/h6-10,14H,3-5H2,1-2H3,(H,12,13). The first-order valence-electron chi connectivity index (χ1n) is 5.92. The largest absolute Gasteiger partial charge is 0.347 e. The summed E-state index contributed by atoms with van der Waals surface area (Å²) in [5, 5.41) is 3.11. The summed E-state index contributed by atoms with van der Waals surface area (Å²) in [6, 6.07) is 0.0995. The zero-order chi connectivity index (χ0) is 12.5. The Balaban J connectivity index is 2.04. The van der Waals surface area contributed by atoms with Crippen LogP contribution < -0.4 is 5.32 Å². The minimum absolute atomic E-state index is 0.0464. The second kappa shape index (κ2) is 4.78. The molecule has 0 radical (unpaired) electrons. The molecule has 5 nitrogen and oxygen atoms in total. The van der Waals surface area contributed by atoms with Crippen LogP contribution in [0.4, 0.5) is 0 Å². The first kappa shape index (κ1) is 12.6. The average Bonchev–Trinajstić information content (AvgIpc) is 2.85. The third kappa shape index (κ3) is 2.87. The summed E-state index contributed by atoms with van der Waals surface area (Å²) in [4.78, 5) is 7.22. The lowest BCUT2D eigenvalue weighted by atomic mass is 10.2. The van der Waals surface area contributed by atoms with Crippen LogP contribution in [0.5, 0.6) is 0 Å². The van der Waals surface area contributed by atoms with E-state index in [4.69, 9.17) is 0 Å². The maximum Gasteiger partial charge on any atom is 0.151 e. The highest BCUT2D eigenvalue weighted by molar-refractivity contribution is 7.91. The maximum atomic E-state index is 11.6. The van der Waals surface area contributed by atoms with E-state index in [9.17, 15) is 8.42 Å². The number of hydrogen-bond acceptors (Lipinski definition) is 4. The zero-order valence-electron chi connectivity index (χ0n) is 10.2. The molecule has 96 valence electrons. The van der Waals surface area contributed by atoms with E-state index in [-0.39, 0.29) is 17.3 Å². The topological polar surface area (TPSA) is 74.8 Å². The van der Waals surface area contributed by atoms with Gasteiger partial charge in [-0.2, -0.15) is 0 Å². The van der Waals surface area contributed by atoms with E-state index < -0.39 is 9.84 Å². The van der Waals surface area contributed by atoms with Crippen LogP contribution in [0, 0.1) is 0 Å². The molecule has 0 aromatic carbocycles. The molecule has 0 aliphatic heterocycles. The van der Waals surface area contributed by atoms with Gasteiger partial charge in [-0.25, -0.2) is 13.4 Å². The molecule has 0 amide bonds. The van der Waals surface area contributed by atoms with E-state index in [0.29, 0.717) is 0 Å². The van der Waals surface area contributed by atoms with Crippen molar-refractivity contribution in [3.8, 4) is 0 Å². The van der Waals surface area contributed by atoms with Crippen LogP contribution in [0.25, 0.3) is 0 Å². The van der Waals surface area contributed by atoms with Gasteiger partial charge in [-0.3, -0.25) is 0 Å². The highest BCUT2D eigenvalue weighted by atomic mass is 32.2. The molecule has 1 heterocycles. The smallest absolute Gasteiger partial charge is 0.151 e. The molecule has 1 aliphatic carbocycles. The van der Waals surface area contributed by atoms with Crippen LogP contribution in [0.3, 0.4) is 0 Å². The fourth-order valence-corrected chi connectivity index (χ4v) is 3.95. The number of nitrogens with one attached hydrogen (secondary N) is 2. The number of rotatable bonds is 4. The number of hydrogen-bond donors (Lipinski definition) is 2. The summed E-state index contributed by atoms with van der Waals surface area (Å²) in [5.41, 5.74) is 0. The van der Waals surface area contributed by atoms with Gasteiger partial charge in [0.25, 0.3) is 0 Å². The van der Waals surface area contributed by atoms with Gasteiger partial charge in [-0.1, -0.05) is 6.42 Å². The summed E-state index contributed by atoms with van der Waals surface area (Å²) < 4.78 is 23.3. The van der Waals surface area contributed by atoms with Crippen molar-refractivity contribution < 1.29 is 8.42 Å². The van der Waals surface area contributed by atoms with Gasteiger partial charge in [0.1, 0.15) is 5.82 Å². The first-order valence-corrected chi connectivity index (χ1v) is 7.88. The molecule has 0 saturated heterocycles. The Morgan fingerprint density at radius 3 is 2.88 bits per heavy atom. The lowest BCUT2D eigenvalue weighted by Crippen LogP contribution is -2.41. The molecule has 0 bridgehead atoms. The molecule has 3 unspecified atom stereocenters. The fraction of sp³-hybridized carbons (Fsp3) is 0.727. The SMILES string of the molecule is CC(NC1CCCC1S(C)(=O)=O)c1ncc[nH]1.